The van der Waals surface area contributed by atoms with Gasteiger partial charge in [-0.25, -0.2) is 9.37 Å². The molecule has 11 heteroatoms. The summed E-state index contributed by atoms with van der Waals surface area (Å²) >= 11 is 0. The van der Waals surface area contributed by atoms with Crippen molar-refractivity contribution in [2.75, 3.05) is 46.8 Å². The van der Waals surface area contributed by atoms with Crippen LogP contribution in [0.1, 0.15) is 11.1 Å². The van der Waals surface area contributed by atoms with Crippen molar-refractivity contribution >= 4 is 22.5 Å². The van der Waals surface area contributed by atoms with E-state index in [4.69, 9.17) is 14.2 Å². The lowest BCUT2D eigenvalue weighted by Gasteiger charge is -2.15. The van der Waals surface area contributed by atoms with Gasteiger partial charge in [-0.15, -0.1) is 0 Å². The number of amides is 1. The molecule has 0 aliphatic heterocycles. The number of ether oxygens (including phenoxy) is 3. The zero-order chi connectivity index (χ0) is 29.7. The molecule has 0 saturated heterocycles. The number of alkyl halides is 3. The van der Waals surface area contributed by atoms with Crippen molar-refractivity contribution in [2.24, 2.45) is 0 Å². The molecule has 41 heavy (non-hydrogen) atoms. The minimum Gasteiger partial charge on any atom is -0.493 e. The van der Waals surface area contributed by atoms with Crippen LogP contribution in [0.2, 0.25) is 0 Å². The Morgan fingerprint density at radius 3 is 2.34 bits per heavy atom. The van der Waals surface area contributed by atoms with Crippen LogP contribution in [0.25, 0.3) is 22.2 Å². The first-order chi connectivity index (χ1) is 19.5. The molecule has 0 radical (unpaired) electrons. The molecule has 0 atom stereocenters. The molecule has 0 spiro atoms. The van der Waals surface area contributed by atoms with E-state index in [0.29, 0.717) is 34.8 Å². The van der Waals surface area contributed by atoms with E-state index < -0.39 is 23.5 Å². The fourth-order valence-corrected chi connectivity index (χ4v) is 4.10. The van der Waals surface area contributed by atoms with E-state index in [-0.39, 0.29) is 30.0 Å². The SMILES string of the molecule is COc1cc2ccc(-c3ccc(CC(=O)Nc4cc(OCCN(C)C)cc(C(F)(F)F)c4)c(F)c3)nc2cc1OC. The number of anilines is 1. The highest BCUT2D eigenvalue weighted by molar-refractivity contribution is 5.92. The number of methoxy groups -OCH3 is 2. The second kappa shape index (κ2) is 12.4. The highest BCUT2D eigenvalue weighted by Crippen LogP contribution is 2.35. The van der Waals surface area contributed by atoms with Gasteiger partial charge in [-0.05, 0) is 50.0 Å². The molecule has 0 bridgehead atoms. The molecule has 216 valence electrons. The molecule has 0 aliphatic carbocycles. The number of nitrogens with zero attached hydrogens (tertiary/aromatic N) is 2. The Kier molecular flexibility index (Phi) is 8.97. The van der Waals surface area contributed by atoms with Crippen molar-refractivity contribution < 1.29 is 36.6 Å². The number of halogens is 4. The van der Waals surface area contributed by atoms with Gasteiger partial charge in [-0.3, -0.25) is 4.79 Å². The molecule has 1 heterocycles. The first-order valence-electron chi connectivity index (χ1n) is 12.6. The molecule has 1 amide bonds. The maximum atomic E-state index is 15.0. The Hall–Kier alpha value is -4.38. The average Bonchev–Trinajstić information content (AvgIpc) is 2.92. The van der Waals surface area contributed by atoms with Gasteiger partial charge in [0.05, 0.1) is 37.4 Å². The summed E-state index contributed by atoms with van der Waals surface area (Å²) in [6.07, 6.45) is -5.03. The summed E-state index contributed by atoms with van der Waals surface area (Å²) in [6.45, 7) is 0.651. The van der Waals surface area contributed by atoms with E-state index in [9.17, 15) is 18.0 Å². The van der Waals surface area contributed by atoms with E-state index in [1.807, 2.05) is 11.0 Å². The number of likely N-dealkylation sites (N-methyl/N-ethyl adjacent to an activating group) is 1. The lowest BCUT2D eigenvalue weighted by Crippen LogP contribution is -2.20. The van der Waals surface area contributed by atoms with Crippen LogP contribution in [-0.4, -0.2) is 57.3 Å². The largest absolute Gasteiger partial charge is 0.493 e. The lowest BCUT2D eigenvalue weighted by atomic mass is 10.0. The maximum Gasteiger partial charge on any atom is 0.416 e. The minimum absolute atomic E-state index is 0.0357. The third-order valence-corrected chi connectivity index (χ3v) is 6.22. The molecule has 4 rings (SSSR count). The fraction of sp³-hybridized carbons (Fsp3) is 0.267. The number of hydrogen-bond donors (Lipinski definition) is 1. The Labute approximate surface area is 234 Å². The average molecular weight is 572 g/mol. The van der Waals surface area contributed by atoms with Gasteiger partial charge in [0.1, 0.15) is 18.2 Å². The van der Waals surface area contributed by atoms with E-state index in [2.05, 4.69) is 10.3 Å². The zero-order valence-electron chi connectivity index (χ0n) is 22.9. The predicted molar refractivity (Wildman–Crippen MR) is 148 cm³/mol. The number of aromatic nitrogens is 1. The van der Waals surface area contributed by atoms with E-state index >= 15 is 4.39 Å². The topological polar surface area (TPSA) is 72.9 Å². The van der Waals surface area contributed by atoms with Gasteiger partial charge in [-0.1, -0.05) is 18.2 Å². The first-order valence-corrected chi connectivity index (χ1v) is 12.6. The first kappa shape index (κ1) is 29.6. The Balaban J connectivity index is 1.51. The monoisotopic (exact) mass is 571 g/mol. The number of carbonyl (C=O) groups excluding carboxylic acids is 1. The summed E-state index contributed by atoms with van der Waals surface area (Å²) in [5, 5.41) is 3.23. The number of benzene rings is 3. The summed E-state index contributed by atoms with van der Waals surface area (Å²) in [6, 6.07) is 14.4. The van der Waals surface area contributed by atoms with Gasteiger partial charge in [-0.2, -0.15) is 13.2 Å². The summed E-state index contributed by atoms with van der Waals surface area (Å²) in [7, 11) is 6.67. The second-order valence-electron chi connectivity index (χ2n) is 9.52. The van der Waals surface area contributed by atoms with Crippen LogP contribution < -0.4 is 19.5 Å². The van der Waals surface area contributed by atoms with Gasteiger partial charge in [0.2, 0.25) is 5.91 Å². The van der Waals surface area contributed by atoms with Gasteiger partial charge in [0.25, 0.3) is 0 Å². The van der Waals surface area contributed by atoms with E-state index in [1.165, 1.54) is 32.4 Å². The third-order valence-electron chi connectivity index (χ3n) is 6.22. The van der Waals surface area contributed by atoms with Crippen LogP contribution in [0, 0.1) is 5.82 Å². The summed E-state index contributed by atoms with van der Waals surface area (Å²) in [5.41, 5.74) is 0.618. The van der Waals surface area contributed by atoms with Gasteiger partial charge < -0.3 is 24.4 Å². The molecule has 0 saturated carbocycles. The van der Waals surface area contributed by atoms with Gasteiger partial charge >= 0.3 is 6.18 Å². The summed E-state index contributed by atoms with van der Waals surface area (Å²) < 4.78 is 71.4. The molecule has 1 N–H and O–H groups in total. The second-order valence-corrected chi connectivity index (χ2v) is 9.52. The molecule has 0 aliphatic rings. The van der Waals surface area contributed by atoms with Crippen LogP contribution in [0.3, 0.4) is 0 Å². The highest BCUT2D eigenvalue weighted by atomic mass is 19.4. The van der Waals surface area contributed by atoms with Crippen molar-refractivity contribution in [3.63, 3.8) is 0 Å². The molecular formula is C30H29F4N3O4. The molecule has 0 fully saturated rings. The summed E-state index contributed by atoms with van der Waals surface area (Å²) in [5.74, 6) is -0.304. The molecular weight excluding hydrogens is 542 g/mol. The predicted octanol–water partition coefficient (Wildman–Crippen LogP) is 6.20. The van der Waals surface area contributed by atoms with Gasteiger partial charge in [0, 0.05) is 35.3 Å². The minimum atomic E-state index is -4.64. The molecule has 0 unspecified atom stereocenters. The van der Waals surface area contributed by atoms with Crippen LogP contribution in [-0.2, 0) is 17.4 Å². The number of hydrogen-bond acceptors (Lipinski definition) is 6. The molecule has 3 aromatic carbocycles. The number of pyridine rings is 1. The zero-order valence-corrected chi connectivity index (χ0v) is 22.9. The Bertz CT molecular complexity index is 1560. The van der Waals surface area contributed by atoms with Crippen molar-refractivity contribution in [1.29, 1.82) is 0 Å². The standard InChI is InChI=1S/C30H29F4N3O4/c1-37(2)9-10-41-23-15-21(30(32,33)34)14-22(16-23)35-29(38)13-18-5-6-19(11-24(18)31)25-8-7-20-12-27(39-3)28(40-4)17-26(20)36-25/h5-8,11-12,14-17H,9-10,13H2,1-4H3,(H,35,38). The van der Waals surface area contributed by atoms with Crippen LogP contribution >= 0.6 is 0 Å². The van der Waals surface area contributed by atoms with E-state index in [1.54, 1.807) is 38.4 Å². The van der Waals surface area contributed by atoms with Crippen molar-refractivity contribution in [1.82, 2.24) is 9.88 Å². The normalized spacial score (nSPS) is 11.5. The number of nitrogens with one attached hydrogen (secondary N) is 1. The van der Waals surface area contributed by atoms with Crippen LogP contribution in [0.15, 0.2) is 60.7 Å². The molecule has 7 nitrogen and oxygen atoms in total. The number of fused-ring (bicyclic) bond motifs is 1. The van der Waals surface area contributed by atoms with Crippen molar-refractivity contribution in [3.05, 3.63) is 77.6 Å². The van der Waals surface area contributed by atoms with Crippen LogP contribution in [0.5, 0.6) is 17.2 Å². The van der Waals surface area contributed by atoms with E-state index in [0.717, 1.165) is 17.5 Å². The number of carbonyl (C=O) groups is 1. The highest BCUT2D eigenvalue weighted by Gasteiger charge is 2.31. The van der Waals surface area contributed by atoms with Crippen molar-refractivity contribution in [3.8, 4) is 28.5 Å². The fourth-order valence-electron chi connectivity index (χ4n) is 4.10. The lowest BCUT2D eigenvalue weighted by molar-refractivity contribution is -0.137. The Morgan fingerprint density at radius 2 is 1.68 bits per heavy atom. The molecule has 4 aromatic rings. The Morgan fingerprint density at radius 1 is 0.951 bits per heavy atom. The quantitative estimate of drug-likeness (QED) is 0.229. The van der Waals surface area contributed by atoms with Crippen molar-refractivity contribution in [2.45, 2.75) is 12.6 Å². The number of rotatable bonds is 10. The van der Waals surface area contributed by atoms with Gasteiger partial charge in [0.15, 0.2) is 11.5 Å². The maximum absolute atomic E-state index is 15.0. The summed E-state index contributed by atoms with van der Waals surface area (Å²) in [4.78, 5) is 19.1. The van der Waals surface area contributed by atoms with Crippen LogP contribution in [0.4, 0.5) is 23.2 Å². The molecule has 1 aromatic heterocycles. The smallest absolute Gasteiger partial charge is 0.416 e. The third kappa shape index (κ3) is 7.43.